The average molecular weight is 250 g/mol. The first-order valence-electron chi connectivity index (χ1n) is 6.24. The molecular weight excluding hydrogens is 228 g/mol. The standard InChI is InChI=1S/C13H22N4O/c1-4-18-12-11(6-5-7-15-12)9-17-13(14)16-8-10(2)3/h5-7,10H,4,8-9H2,1-3H3,(H3,14,16,17). The Bertz CT molecular complexity index is 390. The molecule has 0 aliphatic rings. The van der Waals surface area contributed by atoms with Gasteiger partial charge in [-0.3, -0.25) is 0 Å². The van der Waals surface area contributed by atoms with Crippen molar-refractivity contribution in [2.75, 3.05) is 13.2 Å². The van der Waals surface area contributed by atoms with Crippen LogP contribution < -0.4 is 15.8 Å². The van der Waals surface area contributed by atoms with Crippen LogP contribution in [0.5, 0.6) is 5.88 Å². The Labute approximate surface area is 108 Å². The highest BCUT2D eigenvalue weighted by Crippen LogP contribution is 2.14. The molecule has 0 atom stereocenters. The third kappa shape index (κ3) is 5.03. The fourth-order valence-electron chi connectivity index (χ4n) is 1.35. The van der Waals surface area contributed by atoms with Crippen molar-refractivity contribution in [3.8, 4) is 5.88 Å². The third-order valence-corrected chi connectivity index (χ3v) is 2.24. The molecule has 5 nitrogen and oxygen atoms in total. The minimum absolute atomic E-state index is 0.454. The molecule has 3 N–H and O–H groups in total. The van der Waals surface area contributed by atoms with Gasteiger partial charge in [0.15, 0.2) is 5.96 Å². The van der Waals surface area contributed by atoms with E-state index in [1.807, 2.05) is 19.1 Å². The lowest BCUT2D eigenvalue weighted by molar-refractivity contribution is 0.323. The molecule has 0 fully saturated rings. The van der Waals surface area contributed by atoms with E-state index in [9.17, 15) is 0 Å². The fourth-order valence-corrected chi connectivity index (χ4v) is 1.35. The van der Waals surface area contributed by atoms with E-state index < -0.39 is 0 Å². The van der Waals surface area contributed by atoms with E-state index in [4.69, 9.17) is 10.5 Å². The molecule has 0 saturated carbocycles. The van der Waals surface area contributed by atoms with E-state index in [1.54, 1.807) is 6.20 Å². The predicted molar refractivity (Wildman–Crippen MR) is 73.6 cm³/mol. The summed E-state index contributed by atoms with van der Waals surface area (Å²) < 4.78 is 5.43. The van der Waals surface area contributed by atoms with Gasteiger partial charge in [-0.2, -0.15) is 0 Å². The van der Waals surface area contributed by atoms with Crippen molar-refractivity contribution in [1.82, 2.24) is 10.3 Å². The molecule has 0 aromatic carbocycles. The first-order chi connectivity index (χ1) is 8.63. The van der Waals surface area contributed by atoms with Gasteiger partial charge in [0.2, 0.25) is 5.88 Å². The Morgan fingerprint density at radius 3 is 3.00 bits per heavy atom. The van der Waals surface area contributed by atoms with Crippen LogP contribution in [0.3, 0.4) is 0 Å². The Kier molecular flexibility index (Phi) is 5.97. The maximum absolute atomic E-state index is 5.77. The molecular formula is C13H22N4O. The lowest BCUT2D eigenvalue weighted by atomic mass is 10.2. The average Bonchev–Trinajstić information content (AvgIpc) is 2.35. The second-order valence-electron chi connectivity index (χ2n) is 4.38. The summed E-state index contributed by atoms with van der Waals surface area (Å²) in [7, 11) is 0. The van der Waals surface area contributed by atoms with Crippen LogP contribution in [0.1, 0.15) is 26.3 Å². The van der Waals surface area contributed by atoms with Crippen molar-refractivity contribution < 1.29 is 4.74 Å². The van der Waals surface area contributed by atoms with Crippen molar-refractivity contribution in [3.63, 3.8) is 0 Å². The number of rotatable bonds is 6. The van der Waals surface area contributed by atoms with E-state index in [0.29, 0.717) is 30.9 Å². The molecule has 0 unspecified atom stereocenters. The molecule has 0 aliphatic carbocycles. The van der Waals surface area contributed by atoms with Gasteiger partial charge in [-0.05, 0) is 18.9 Å². The second-order valence-corrected chi connectivity index (χ2v) is 4.38. The lowest BCUT2D eigenvalue weighted by Gasteiger charge is -2.09. The van der Waals surface area contributed by atoms with E-state index in [1.165, 1.54) is 0 Å². The second kappa shape index (κ2) is 7.53. The number of hydrogen-bond acceptors (Lipinski definition) is 3. The highest BCUT2D eigenvalue weighted by atomic mass is 16.5. The Balaban J connectivity index is 2.58. The minimum atomic E-state index is 0.454. The maximum Gasteiger partial charge on any atom is 0.218 e. The summed E-state index contributed by atoms with van der Waals surface area (Å²) in [5, 5.41) is 3.07. The lowest BCUT2D eigenvalue weighted by Crippen LogP contribution is -2.34. The molecule has 1 aromatic rings. The summed E-state index contributed by atoms with van der Waals surface area (Å²) in [4.78, 5) is 8.44. The largest absolute Gasteiger partial charge is 0.478 e. The highest BCUT2D eigenvalue weighted by Gasteiger charge is 2.03. The SMILES string of the molecule is CCOc1ncccc1CN=C(N)NCC(C)C. The topological polar surface area (TPSA) is 72.5 Å². The number of nitrogens with zero attached hydrogens (tertiary/aromatic N) is 2. The molecule has 0 radical (unpaired) electrons. The molecule has 1 heterocycles. The number of aliphatic imine (C=N–C) groups is 1. The summed E-state index contributed by atoms with van der Waals surface area (Å²) in [6.07, 6.45) is 1.71. The molecule has 0 spiro atoms. The van der Waals surface area contributed by atoms with Crippen molar-refractivity contribution in [2.45, 2.75) is 27.3 Å². The van der Waals surface area contributed by atoms with Gasteiger partial charge in [0.25, 0.3) is 0 Å². The van der Waals surface area contributed by atoms with E-state index >= 15 is 0 Å². The zero-order chi connectivity index (χ0) is 13.4. The van der Waals surface area contributed by atoms with Crippen LogP contribution in [0.25, 0.3) is 0 Å². The number of ether oxygens (including phenoxy) is 1. The van der Waals surface area contributed by atoms with Crippen LogP contribution in [-0.4, -0.2) is 24.1 Å². The summed E-state index contributed by atoms with van der Waals surface area (Å²) in [5.41, 5.74) is 6.71. The number of guanidine groups is 1. The van der Waals surface area contributed by atoms with E-state index in [0.717, 1.165) is 12.1 Å². The van der Waals surface area contributed by atoms with Gasteiger partial charge in [0, 0.05) is 18.3 Å². The zero-order valence-corrected chi connectivity index (χ0v) is 11.3. The molecule has 5 heteroatoms. The Morgan fingerprint density at radius 2 is 2.33 bits per heavy atom. The van der Waals surface area contributed by atoms with Crippen molar-refractivity contribution in [2.24, 2.45) is 16.6 Å². The molecule has 0 saturated heterocycles. The first-order valence-corrected chi connectivity index (χ1v) is 6.24. The molecule has 100 valence electrons. The highest BCUT2D eigenvalue weighted by molar-refractivity contribution is 5.77. The zero-order valence-electron chi connectivity index (χ0n) is 11.3. The molecule has 1 rings (SSSR count). The van der Waals surface area contributed by atoms with Gasteiger partial charge < -0.3 is 15.8 Å². The van der Waals surface area contributed by atoms with Crippen LogP contribution in [0.4, 0.5) is 0 Å². The molecule has 0 bridgehead atoms. The molecule has 0 aliphatic heterocycles. The number of aromatic nitrogens is 1. The summed E-state index contributed by atoms with van der Waals surface area (Å²) in [6, 6.07) is 3.81. The smallest absolute Gasteiger partial charge is 0.218 e. The monoisotopic (exact) mass is 250 g/mol. The molecule has 0 amide bonds. The molecule has 1 aromatic heterocycles. The quantitative estimate of drug-likeness (QED) is 0.593. The molecule has 18 heavy (non-hydrogen) atoms. The normalized spacial score (nSPS) is 11.7. The van der Waals surface area contributed by atoms with Gasteiger partial charge in [-0.25, -0.2) is 9.98 Å². The third-order valence-electron chi connectivity index (χ3n) is 2.24. The number of pyridine rings is 1. The summed E-state index contributed by atoms with van der Waals surface area (Å²) >= 11 is 0. The van der Waals surface area contributed by atoms with Crippen molar-refractivity contribution in [3.05, 3.63) is 23.9 Å². The van der Waals surface area contributed by atoms with Gasteiger partial charge in [0.1, 0.15) is 0 Å². The maximum atomic E-state index is 5.77. The van der Waals surface area contributed by atoms with Gasteiger partial charge in [-0.1, -0.05) is 19.9 Å². The van der Waals surface area contributed by atoms with Crippen LogP contribution in [0.15, 0.2) is 23.3 Å². The minimum Gasteiger partial charge on any atom is -0.478 e. The van der Waals surface area contributed by atoms with E-state index in [-0.39, 0.29) is 0 Å². The number of hydrogen-bond donors (Lipinski definition) is 2. The fraction of sp³-hybridized carbons (Fsp3) is 0.538. The van der Waals surface area contributed by atoms with Crippen molar-refractivity contribution in [1.29, 1.82) is 0 Å². The van der Waals surface area contributed by atoms with E-state index in [2.05, 4.69) is 29.1 Å². The van der Waals surface area contributed by atoms with Crippen molar-refractivity contribution >= 4 is 5.96 Å². The van der Waals surface area contributed by atoms with Crippen LogP contribution in [-0.2, 0) is 6.54 Å². The Hall–Kier alpha value is -1.78. The predicted octanol–water partition coefficient (Wildman–Crippen LogP) is 1.54. The summed E-state index contributed by atoms with van der Waals surface area (Å²) in [6.45, 7) is 8.05. The number of nitrogens with one attached hydrogen (secondary N) is 1. The summed E-state index contributed by atoms with van der Waals surface area (Å²) in [5.74, 6) is 1.62. The Morgan fingerprint density at radius 1 is 1.56 bits per heavy atom. The van der Waals surface area contributed by atoms with Gasteiger partial charge in [0.05, 0.1) is 13.2 Å². The van der Waals surface area contributed by atoms with Crippen LogP contribution in [0, 0.1) is 5.92 Å². The number of nitrogens with two attached hydrogens (primary N) is 1. The van der Waals surface area contributed by atoms with Crippen LogP contribution >= 0.6 is 0 Å². The van der Waals surface area contributed by atoms with Gasteiger partial charge >= 0.3 is 0 Å². The van der Waals surface area contributed by atoms with Crippen LogP contribution in [0.2, 0.25) is 0 Å². The van der Waals surface area contributed by atoms with Gasteiger partial charge in [-0.15, -0.1) is 0 Å². The first kappa shape index (κ1) is 14.3.